The summed E-state index contributed by atoms with van der Waals surface area (Å²) in [5.41, 5.74) is 0. The maximum Gasteiger partial charge on any atom is 0.111 e. The highest BCUT2D eigenvalue weighted by atomic mass is 35.5. The van der Waals surface area contributed by atoms with E-state index in [0.717, 1.165) is 0 Å². The molecule has 0 saturated heterocycles. The first-order valence-electron chi connectivity index (χ1n) is 4.62. The molecule has 0 aliphatic heterocycles. The molecule has 0 heterocycles. The lowest BCUT2D eigenvalue weighted by Gasteiger charge is -2.29. The molecule has 0 unspecified atom stereocenters. The average molecular weight is 261 g/mol. The van der Waals surface area contributed by atoms with Crippen molar-refractivity contribution in [3.63, 3.8) is 0 Å². The molecule has 0 bridgehead atoms. The molecular weight excluding hydrogens is 244 g/mol. The van der Waals surface area contributed by atoms with Crippen LogP contribution in [0.1, 0.15) is 0 Å². The Bertz CT molecular complexity index is 173. The zero-order chi connectivity index (χ0) is 12.9. The standard InChI is InChI=1S/C8H17ClO7/c9-1-3(11)5(13)7(15)8(16)6(14)4(12)2-10/h3-8,10-16H,1-2H2/t3-,4-,5+,6+,7-,8+/m1/s1. The third kappa shape index (κ3) is 4.11. The monoisotopic (exact) mass is 260 g/mol. The van der Waals surface area contributed by atoms with Gasteiger partial charge in [0.15, 0.2) is 0 Å². The summed E-state index contributed by atoms with van der Waals surface area (Å²) < 4.78 is 0. The molecule has 7 nitrogen and oxygen atoms in total. The number of alkyl halides is 1. The average Bonchev–Trinajstić information content (AvgIpc) is 2.32. The van der Waals surface area contributed by atoms with E-state index >= 15 is 0 Å². The Morgan fingerprint density at radius 2 is 1.06 bits per heavy atom. The molecule has 0 radical (unpaired) electrons. The van der Waals surface area contributed by atoms with Crippen molar-refractivity contribution in [2.24, 2.45) is 0 Å². The van der Waals surface area contributed by atoms with Gasteiger partial charge in [-0.25, -0.2) is 0 Å². The molecule has 0 amide bonds. The molecule has 0 saturated carbocycles. The van der Waals surface area contributed by atoms with E-state index in [1.54, 1.807) is 0 Å². The molecule has 0 aromatic rings. The van der Waals surface area contributed by atoms with Crippen molar-refractivity contribution in [2.75, 3.05) is 12.5 Å². The second kappa shape index (κ2) is 7.36. The molecule has 6 atom stereocenters. The fourth-order valence-electron chi connectivity index (χ4n) is 1.06. The smallest absolute Gasteiger partial charge is 0.111 e. The van der Waals surface area contributed by atoms with E-state index in [1.165, 1.54) is 0 Å². The van der Waals surface area contributed by atoms with Gasteiger partial charge < -0.3 is 35.7 Å². The first kappa shape index (κ1) is 16.0. The number of aliphatic hydroxyl groups excluding tert-OH is 7. The Morgan fingerprint density at radius 3 is 1.38 bits per heavy atom. The summed E-state index contributed by atoms with van der Waals surface area (Å²) >= 11 is 5.21. The molecule has 8 heteroatoms. The van der Waals surface area contributed by atoms with Crippen LogP contribution in [0.3, 0.4) is 0 Å². The normalized spacial score (nSPS) is 23.2. The molecule has 98 valence electrons. The Labute approximate surface area is 97.2 Å². The van der Waals surface area contributed by atoms with Crippen LogP contribution in [-0.4, -0.2) is 84.9 Å². The summed E-state index contributed by atoms with van der Waals surface area (Å²) in [5, 5.41) is 63.7. The van der Waals surface area contributed by atoms with Crippen molar-refractivity contribution in [1.29, 1.82) is 0 Å². The molecule has 0 aromatic heterocycles. The quantitative estimate of drug-likeness (QED) is 0.234. The van der Waals surface area contributed by atoms with Gasteiger partial charge in [-0.1, -0.05) is 0 Å². The van der Waals surface area contributed by atoms with Crippen molar-refractivity contribution in [1.82, 2.24) is 0 Å². The minimum atomic E-state index is -1.92. The van der Waals surface area contributed by atoms with E-state index in [4.69, 9.17) is 26.9 Å². The van der Waals surface area contributed by atoms with Crippen molar-refractivity contribution in [3.05, 3.63) is 0 Å². The first-order valence-corrected chi connectivity index (χ1v) is 5.15. The Kier molecular flexibility index (Phi) is 7.36. The van der Waals surface area contributed by atoms with Crippen LogP contribution in [0.15, 0.2) is 0 Å². The molecule has 0 rings (SSSR count). The predicted molar refractivity (Wildman–Crippen MR) is 53.8 cm³/mol. The summed E-state index contributed by atoms with van der Waals surface area (Å²) in [6.45, 7) is -0.820. The molecule has 0 aliphatic rings. The zero-order valence-corrected chi connectivity index (χ0v) is 9.14. The van der Waals surface area contributed by atoms with Gasteiger partial charge in [0.05, 0.1) is 18.6 Å². The van der Waals surface area contributed by atoms with Crippen molar-refractivity contribution in [3.8, 4) is 0 Å². The van der Waals surface area contributed by atoms with E-state index in [1.807, 2.05) is 0 Å². The SMILES string of the molecule is OC[C@@H](O)[C@H](O)[C@H](O)[C@H](O)[C@@H](O)[C@H](O)CCl. The van der Waals surface area contributed by atoms with Gasteiger partial charge in [-0.05, 0) is 0 Å². The highest BCUT2D eigenvalue weighted by Gasteiger charge is 2.36. The van der Waals surface area contributed by atoms with Crippen molar-refractivity contribution < 1.29 is 35.7 Å². The number of hydrogen-bond donors (Lipinski definition) is 7. The highest BCUT2D eigenvalue weighted by molar-refractivity contribution is 6.18. The molecular formula is C8H17ClO7. The van der Waals surface area contributed by atoms with E-state index in [-0.39, 0.29) is 5.88 Å². The summed E-state index contributed by atoms with van der Waals surface area (Å²) in [7, 11) is 0. The van der Waals surface area contributed by atoms with Crippen LogP contribution in [-0.2, 0) is 0 Å². The minimum Gasteiger partial charge on any atom is -0.394 e. The van der Waals surface area contributed by atoms with Crippen LogP contribution in [0.2, 0.25) is 0 Å². The van der Waals surface area contributed by atoms with Gasteiger partial charge in [0, 0.05) is 0 Å². The maximum atomic E-state index is 9.33. The maximum absolute atomic E-state index is 9.33. The topological polar surface area (TPSA) is 142 Å². The second-order valence-corrected chi connectivity index (χ2v) is 3.74. The summed E-state index contributed by atoms with van der Waals surface area (Å²) in [5.74, 6) is -0.371. The van der Waals surface area contributed by atoms with Crippen LogP contribution < -0.4 is 0 Å². The fourth-order valence-corrected chi connectivity index (χ4v) is 1.24. The Hall–Kier alpha value is 0.01000. The molecule has 0 fully saturated rings. The fraction of sp³-hybridized carbons (Fsp3) is 1.00. The van der Waals surface area contributed by atoms with Crippen molar-refractivity contribution >= 4 is 11.6 Å². The van der Waals surface area contributed by atoms with Gasteiger partial charge in [-0.15, -0.1) is 11.6 Å². The lowest BCUT2D eigenvalue weighted by molar-refractivity contribution is -0.155. The second-order valence-electron chi connectivity index (χ2n) is 3.43. The van der Waals surface area contributed by atoms with Gasteiger partial charge in [-0.2, -0.15) is 0 Å². The lowest BCUT2D eigenvalue weighted by Crippen LogP contribution is -2.53. The van der Waals surface area contributed by atoms with Crippen LogP contribution in [0.5, 0.6) is 0 Å². The van der Waals surface area contributed by atoms with Gasteiger partial charge in [0.2, 0.25) is 0 Å². The Balaban J connectivity index is 4.41. The number of halogens is 1. The van der Waals surface area contributed by atoms with Crippen LogP contribution >= 0.6 is 11.6 Å². The molecule has 7 N–H and O–H groups in total. The largest absolute Gasteiger partial charge is 0.394 e. The molecule has 0 aliphatic carbocycles. The molecule has 16 heavy (non-hydrogen) atoms. The number of aliphatic hydroxyl groups is 7. The lowest BCUT2D eigenvalue weighted by atomic mass is 9.97. The zero-order valence-electron chi connectivity index (χ0n) is 8.39. The summed E-state index contributed by atoms with van der Waals surface area (Å²) in [6.07, 6.45) is -10.6. The Morgan fingerprint density at radius 1 is 0.688 bits per heavy atom. The number of rotatable bonds is 7. The minimum absolute atomic E-state index is 0.371. The summed E-state index contributed by atoms with van der Waals surface area (Å²) in [6, 6.07) is 0. The van der Waals surface area contributed by atoms with E-state index < -0.39 is 43.2 Å². The third-order valence-corrected chi connectivity index (χ3v) is 2.50. The van der Waals surface area contributed by atoms with Gasteiger partial charge in [0.25, 0.3) is 0 Å². The molecule has 0 aromatic carbocycles. The van der Waals surface area contributed by atoms with Gasteiger partial charge >= 0.3 is 0 Å². The van der Waals surface area contributed by atoms with E-state index in [0.29, 0.717) is 0 Å². The van der Waals surface area contributed by atoms with E-state index in [9.17, 15) is 20.4 Å². The predicted octanol–water partition coefficient (Wildman–Crippen LogP) is -3.62. The van der Waals surface area contributed by atoms with Crippen molar-refractivity contribution in [2.45, 2.75) is 36.6 Å². The summed E-state index contributed by atoms with van der Waals surface area (Å²) in [4.78, 5) is 0. The van der Waals surface area contributed by atoms with Crippen LogP contribution in [0.25, 0.3) is 0 Å². The van der Waals surface area contributed by atoms with E-state index in [2.05, 4.69) is 0 Å². The first-order chi connectivity index (χ1) is 7.36. The van der Waals surface area contributed by atoms with Crippen LogP contribution in [0, 0.1) is 0 Å². The van der Waals surface area contributed by atoms with Gasteiger partial charge in [-0.3, -0.25) is 0 Å². The van der Waals surface area contributed by atoms with Crippen LogP contribution in [0.4, 0.5) is 0 Å². The third-order valence-electron chi connectivity index (χ3n) is 2.18. The highest BCUT2D eigenvalue weighted by Crippen LogP contribution is 2.11. The van der Waals surface area contributed by atoms with Gasteiger partial charge in [0.1, 0.15) is 30.5 Å². The number of hydrogen-bond acceptors (Lipinski definition) is 7. The molecule has 0 spiro atoms.